The Morgan fingerprint density at radius 3 is 2.00 bits per heavy atom. The second kappa shape index (κ2) is 6.76. The summed E-state index contributed by atoms with van der Waals surface area (Å²) in [6, 6.07) is 2.05. The molecule has 0 N–H and O–H groups in total. The molecule has 1 fully saturated rings. The van der Waals surface area contributed by atoms with Crippen molar-refractivity contribution in [3.8, 4) is 0 Å². The van der Waals surface area contributed by atoms with Gasteiger partial charge in [0.05, 0.1) is 0 Å². The van der Waals surface area contributed by atoms with Crippen LogP contribution < -0.4 is 0 Å². The van der Waals surface area contributed by atoms with Crippen molar-refractivity contribution in [1.82, 2.24) is 9.57 Å². The zero-order valence-electron chi connectivity index (χ0n) is 10.6. The van der Waals surface area contributed by atoms with Crippen LogP contribution in [-0.2, 0) is 0 Å². The molecule has 86 valence electrons. The highest BCUT2D eigenvalue weighted by Gasteiger charge is 2.27. The van der Waals surface area contributed by atoms with Gasteiger partial charge in [-0.25, -0.2) is 0 Å². The molecule has 3 unspecified atom stereocenters. The van der Waals surface area contributed by atoms with Crippen LogP contribution in [0.3, 0.4) is 0 Å². The summed E-state index contributed by atoms with van der Waals surface area (Å²) in [4.78, 5) is 2.57. The second-order valence-electron chi connectivity index (χ2n) is 4.19. The molecule has 3 atom stereocenters. The zero-order chi connectivity index (χ0) is 11.3. The van der Waals surface area contributed by atoms with Gasteiger partial charge in [-0.1, -0.05) is 23.2 Å². The van der Waals surface area contributed by atoms with Crippen molar-refractivity contribution in [2.45, 2.75) is 59.7 Å². The number of piperazine rings is 1. The van der Waals surface area contributed by atoms with E-state index in [0.29, 0.717) is 18.1 Å². The van der Waals surface area contributed by atoms with Crippen LogP contribution in [0.25, 0.3) is 0 Å². The van der Waals surface area contributed by atoms with Crippen molar-refractivity contribution in [3.63, 3.8) is 0 Å². The van der Waals surface area contributed by atoms with Crippen LogP contribution in [-0.4, -0.2) is 40.8 Å². The van der Waals surface area contributed by atoms with E-state index in [1.165, 1.54) is 13.1 Å². The quantitative estimate of drug-likeness (QED) is 0.624. The first kappa shape index (κ1) is 14.3. The molecule has 1 aliphatic rings. The fraction of sp³-hybridized carbons (Fsp3) is 1.00. The van der Waals surface area contributed by atoms with E-state index < -0.39 is 0 Å². The van der Waals surface area contributed by atoms with Gasteiger partial charge < -0.3 is 0 Å². The molecule has 1 heterocycles. The van der Waals surface area contributed by atoms with E-state index in [-0.39, 0.29) is 0 Å². The van der Waals surface area contributed by atoms with Crippen LogP contribution >= 0.6 is 9.39 Å². The van der Waals surface area contributed by atoms with E-state index in [1.807, 2.05) is 13.8 Å². The fourth-order valence-electron chi connectivity index (χ4n) is 1.90. The first-order chi connectivity index (χ1) is 6.52. The summed E-state index contributed by atoms with van der Waals surface area (Å²) in [7, 11) is 2.82. The molecule has 1 saturated heterocycles. The van der Waals surface area contributed by atoms with Crippen molar-refractivity contribution in [1.29, 1.82) is 0 Å². The standard InChI is InChI=1S/C9H21N2P.C2H6/c1-7(2)10-5-9(4)11(12)6-8(10)3;1-2/h7-9H,5-6,12H2,1-4H3;1-2H3. The first-order valence-electron chi connectivity index (χ1n) is 5.79. The minimum atomic E-state index is 0.675. The molecule has 0 amide bonds. The van der Waals surface area contributed by atoms with E-state index in [0.717, 1.165) is 0 Å². The molecular formula is C11H27N2P. The Morgan fingerprint density at radius 2 is 1.57 bits per heavy atom. The minimum absolute atomic E-state index is 0.675. The van der Waals surface area contributed by atoms with Gasteiger partial charge in [-0.2, -0.15) is 0 Å². The Balaban J connectivity index is 0.000000791. The average molecular weight is 218 g/mol. The minimum Gasteiger partial charge on any atom is -0.295 e. The highest BCUT2D eigenvalue weighted by Crippen LogP contribution is 2.19. The maximum absolute atomic E-state index is 2.82. The van der Waals surface area contributed by atoms with Gasteiger partial charge in [0.25, 0.3) is 0 Å². The largest absolute Gasteiger partial charge is 0.295 e. The highest BCUT2D eigenvalue weighted by molar-refractivity contribution is 7.13. The third-order valence-electron chi connectivity index (χ3n) is 2.75. The van der Waals surface area contributed by atoms with Crippen LogP contribution in [0.1, 0.15) is 41.5 Å². The molecular weight excluding hydrogens is 191 g/mol. The SMILES string of the molecule is CC.CC1CN(C(C)C)C(C)CN1P. The fourth-order valence-corrected chi connectivity index (χ4v) is 2.30. The Kier molecular flexibility index (Phi) is 6.93. The summed E-state index contributed by atoms with van der Waals surface area (Å²) in [5.41, 5.74) is 0. The van der Waals surface area contributed by atoms with E-state index in [2.05, 4.69) is 46.7 Å². The molecule has 0 saturated carbocycles. The van der Waals surface area contributed by atoms with Gasteiger partial charge in [-0.3, -0.25) is 9.57 Å². The Morgan fingerprint density at radius 1 is 1.07 bits per heavy atom. The van der Waals surface area contributed by atoms with Crippen molar-refractivity contribution in [3.05, 3.63) is 0 Å². The lowest BCUT2D eigenvalue weighted by atomic mass is 10.1. The van der Waals surface area contributed by atoms with Gasteiger partial charge in [0.2, 0.25) is 0 Å². The molecule has 0 radical (unpaired) electrons. The summed E-state index contributed by atoms with van der Waals surface area (Å²) in [5, 5.41) is 0. The van der Waals surface area contributed by atoms with Gasteiger partial charge in [-0.15, -0.1) is 0 Å². The molecule has 14 heavy (non-hydrogen) atoms. The van der Waals surface area contributed by atoms with Gasteiger partial charge in [0, 0.05) is 31.2 Å². The smallest absolute Gasteiger partial charge is 0.0229 e. The van der Waals surface area contributed by atoms with E-state index >= 15 is 0 Å². The summed E-state index contributed by atoms with van der Waals surface area (Å²) in [6.45, 7) is 15.5. The first-order valence-corrected chi connectivity index (χ1v) is 6.31. The van der Waals surface area contributed by atoms with E-state index in [1.54, 1.807) is 0 Å². The Labute approximate surface area is 92.3 Å². The van der Waals surface area contributed by atoms with Gasteiger partial charge in [0.15, 0.2) is 0 Å². The van der Waals surface area contributed by atoms with Gasteiger partial charge >= 0.3 is 0 Å². The number of hydrogen-bond acceptors (Lipinski definition) is 2. The molecule has 0 bridgehead atoms. The summed E-state index contributed by atoms with van der Waals surface area (Å²) >= 11 is 0. The summed E-state index contributed by atoms with van der Waals surface area (Å²) in [6.07, 6.45) is 0. The predicted octanol–water partition coefficient (Wildman–Crippen LogP) is 2.61. The van der Waals surface area contributed by atoms with Gasteiger partial charge in [-0.05, 0) is 27.7 Å². The Hall–Kier alpha value is 0.350. The Bertz CT molecular complexity index is 150. The van der Waals surface area contributed by atoms with Crippen LogP contribution in [0.4, 0.5) is 0 Å². The maximum atomic E-state index is 2.82. The van der Waals surface area contributed by atoms with Crippen LogP contribution in [0.2, 0.25) is 0 Å². The third-order valence-corrected chi connectivity index (χ3v) is 3.47. The number of rotatable bonds is 1. The zero-order valence-corrected chi connectivity index (χ0v) is 11.8. The van der Waals surface area contributed by atoms with Gasteiger partial charge in [0.1, 0.15) is 0 Å². The topological polar surface area (TPSA) is 6.48 Å². The molecule has 0 aromatic rings. The van der Waals surface area contributed by atoms with Crippen LogP contribution in [0.5, 0.6) is 0 Å². The number of hydrogen-bond donors (Lipinski definition) is 0. The monoisotopic (exact) mass is 218 g/mol. The molecule has 0 spiro atoms. The lowest BCUT2D eigenvalue weighted by Crippen LogP contribution is -2.55. The predicted molar refractivity (Wildman–Crippen MR) is 68.5 cm³/mol. The van der Waals surface area contributed by atoms with Crippen LogP contribution in [0.15, 0.2) is 0 Å². The molecule has 3 heteroatoms. The third kappa shape index (κ3) is 3.84. The summed E-state index contributed by atoms with van der Waals surface area (Å²) < 4.78 is 2.36. The number of nitrogens with zero attached hydrogens (tertiary/aromatic N) is 2. The van der Waals surface area contributed by atoms with Crippen molar-refractivity contribution >= 4 is 9.39 Å². The van der Waals surface area contributed by atoms with Crippen molar-refractivity contribution in [2.75, 3.05) is 13.1 Å². The lowest BCUT2D eigenvalue weighted by Gasteiger charge is -2.44. The second-order valence-corrected chi connectivity index (χ2v) is 4.85. The summed E-state index contributed by atoms with van der Waals surface area (Å²) in [5.74, 6) is 0. The normalized spacial score (nSPS) is 30.0. The maximum Gasteiger partial charge on any atom is 0.0229 e. The van der Waals surface area contributed by atoms with E-state index in [4.69, 9.17) is 0 Å². The molecule has 1 aliphatic heterocycles. The van der Waals surface area contributed by atoms with Crippen molar-refractivity contribution < 1.29 is 0 Å². The van der Waals surface area contributed by atoms with Crippen molar-refractivity contribution in [2.24, 2.45) is 0 Å². The molecule has 0 aromatic carbocycles. The molecule has 0 aliphatic carbocycles. The average Bonchev–Trinajstić information content (AvgIpc) is 2.14. The molecule has 1 rings (SSSR count). The molecule has 2 nitrogen and oxygen atoms in total. The highest BCUT2D eigenvalue weighted by atomic mass is 31.0. The van der Waals surface area contributed by atoms with Crippen LogP contribution in [0, 0.1) is 0 Å². The molecule has 0 aromatic heterocycles. The van der Waals surface area contributed by atoms with E-state index in [9.17, 15) is 0 Å². The lowest BCUT2D eigenvalue weighted by molar-refractivity contribution is 0.0715.